The van der Waals surface area contributed by atoms with Gasteiger partial charge in [0.1, 0.15) is 12.0 Å². The smallest absolute Gasteiger partial charge is 0.153 e. The zero-order valence-electron chi connectivity index (χ0n) is 8.90. The minimum atomic E-state index is -0.176. The Bertz CT molecular complexity index is 358. The van der Waals surface area contributed by atoms with Crippen LogP contribution in [-0.2, 0) is 4.79 Å². The van der Waals surface area contributed by atoms with E-state index >= 15 is 0 Å². The second-order valence-corrected chi connectivity index (χ2v) is 3.27. The molecule has 0 N–H and O–H groups in total. The van der Waals surface area contributed by atoms with Crippen LogP contribution < -0.4 is 4.74 Å². The number of rotatable bonds is 5. The summed E-state index contributed by atoms with van der Waals surface area (Å²) in [4.78, 5) is 21.3. The molecular formula is C12H14O3. The van der Waals surface area contributed by atoms with Crippen molar-refractivity contribution in [3.05, 3.63) is 29.3 Å². The van der Waals surface area contributed by atoms with Gasteiger partial charge in [-0.05, 0) is 24.6 Å². The van der Waals surface area contributed by atoms with Crippen molar-refractivity contribution in [3.63, 3.8) is 0 Å². The molecule has 0 spiro atoms. The highest BCUT2D eigenvalue weighted by Gasteiger charge is 2.08. The number of carbonyl (C=O) groups is 2. The van der Waals surface area contributed by atoms with E-state index in [4.69, 9.17) is 4.74 Å². The Morgan fingerprint density at radius 3 is 2.67 bits per heavy atom. The molecule has 0 radical (unpaired) electrons. The first-order chi connectivity index (χ1) is 7.22. The van der Waals surface area contributed by atoms with Crippen LogP contribution in [-0.4, -0.2) is 19.2 Å². The number of hydrogen-bond acceptors (Lipinski definition) is 3. The second-order valence-electron chi connectivity index (χ2n) is 3.27. The van der Waals surface area contributed by atoms with Gasteiger partial charge in [-0.1, -0.05) is 13.0 Å². The van der Waals surface area contributed by atoms with Crippen LogP contribution in [0.25, 0.3) is 0 Å². The minimum absolute atomic E-state index is 0.176. The van der Waals surface area contributed by atoms with E-state index in [1.165, 1.54) is 0 Å². The van der Waals surface area contributed by atoms with Gasteiger partial charge in [-0.15, -0.1) is 0 Å². The molecule has 0 saturated heterocycles. The summed E-state index contributed by atoms with van der Waals surface area (Å²) in [6, 6.07) is 5.19. The number of ether oxygens (including phenoxy) is 1. The Kier molecular flexibility index (Phi) is 4.03. The molecule has 0 heterocycles. The summed E-state index contributed by atoms with van der Waals surface area (Å²) < 4.78 is 5.32. The van der Waals surface area contributed by atoms with Crippen molar-refractivity contribution >= 4 is 12.6 Å². The molecule has 1 aromatic rings. The maximum absolute atomic E-state index is 10.7. The molecular weight excluding hydrogens is 192 g/mol. The lowest BCUT2D eigenvalue weighted by Crippen LogP contribution is -2.00. The van der Waals surface area contributed by atoms with Crippen molar-refractivity contribution in [1.82, 2.24) is 0 Å². The van der Waals surface area contributed by atoms with Crippen LogP contribution in [0.2, 0.25) is 0 Å². The standard InChI is InChI=1S/C12H14O3/c1-3-15-12-6-10(9(2)7-13)4-5-11(12)8-14/h4-9H,3H2,1-2H3. The van der Waals surface area contributed by atoms with Gasteiger partial charge in [0.15, 0.2) is 6.29 Å². The van der Waals surface area contributed by atoms with Crippen LogP contribution >= 0.6 is 0 Å². The topological polar surface area (TPSA) is 43.4 Å². The Labute approximate surface area is 89.1 Å². The second kappa shape index (κ2) is 5.29. The zero-order valence-corrected chi connectivity index (χ0v) is 8.90. The monoisotopic (exact) mass is 206 g/mol. The summed E-state index contributed by atoms with van der Waals surface area (Å²) in [6.07, 6.45) is 1.62. The molecule has 0 aliphatic heterocycles. The van der Waals surface area contributed by atoms with Crippen molar-refractivity contribution in [3.8, 4) is 5.75 Å². The van der Waals surface area contributed by atoms with E-state index in [1.807, 2.05) is 6.92 Å². The molecule has 1 aromatic carbocycles. The predicted molar refractivity (Wildman–Crippen MR) is 57.5 cm³/mol. The highest BCUT2D eigenvalue weighted by Crippen LogP contribution is 2.23. The van der Waals surface area contributed by atoms with Crippen molar-refractivity contribution in [2.75, 3.05) is 6.61 Å². The maximum atomic E-state index is 10.7. The van der Waals surface area contributed by atoms with E-state index in [1.54, 1.807) is 25.1 Å². The third-order valence-corrected chi connectivity index (χ3v) is 2.19. The largest absolute Gasteiger partial charge is 0.493 e. The Balaban J connectivity index is 3.08. The van der Waals surface area contributed by atoms with Gasteiger partial charge in [0.05, 0.1) is 12.2 Å². The first kappa shape index (κ1) is 11.4. The number of carbonyl (C=O) groups excluding carboxylic acids is 2. The van der Waals surface area contributed by atoms with Crippen LogP contribution in [0.3, 0.4) is 0 Å². The van der Waals surface area contributed by atoms with Gasteiger partial charge < -0.3 is 9.53 Å². The van der Waals surface area contributed by atoms with Gasteiger partial charge in [0.25, 0.3) is 0 Å². The van der Waals surface area contributed by atoms with E-state index < -0.39 is 0 Å². The quantitative estimate of drug-likeness (QED) is 0.693. The van der Waals surface area contributed by atoms with Crippen molar-refractivity contribution in [2.45, 2.75) is 19.8 Å². The SMILES string of the molecule is CCOc1cc(C(C)C=O)ccc1C=O. The molecule has 0 fully saturated rings. The molecule has 3 nitrogen and oxygen atoms in total. The number of hydrogen-bond donors (Lipinski definition) is 0. The van der Waals surface area contributed by atoms with Gasteiger partial charge in [0.2, 0.25) is 0 Å². The van der Waals surface area contributed by atoms with Gasteiger partial charge in [-0.3, -0.25) is 4.79 Å². The van der Waals surface area contributed by atoms with E-state index in [-0.39, 0.29) is 5.92 Å². The molecule has 0 aliphatic carbocycles. The molecule has 1 atom stereocenters. The average molecular weight is 206 g/mol. The lowest BCUT2D eigenvalue weighted by molar-refractivity contribution is -0.108. The van der Waals surface area contributed by atoms with Crippen LogP contribution in [0.15, 0.2) is 18.2 Å². The summed E-state index contributed by atoms with van der Waals surface area (Å²) in [7, 11) is 0. The average Bonchev–Trinajstić information content (AvgIpc) is 2.28. The molecule has 0 saturated carbocycles. The Morgan fingerprint density at radius 2 is 2.13 bits per heavy atom. The van der Waals surface area contributed by atoms with Gasteiger partial charge in [-0.2, -0.15) is 0 Å². The third-order valence-electron chi connectivity index (χ3n) is 2.19. The van der Waals surface area contributed by atoms with Crippen LogP contribution in [0, 0.1) is 0 Å². The molecule has 80 valence electrons. The normalized spacial score (nSPS) is 11.9. The van der Waals surface area contributed by atoms with E-state index in [0.717, 1.165) is 18.1 Å². The third kappa shape index (κ3) is 2.65. The summed E-state index contributed by atoms with van der Waals surface area (Å²) in [6.45, 7) is 4.16. The first-order valence-corrected chi connectivity index (χ1v) is 4.90. The Hall–Kier alpha value is -1.64. The fraction of sp³-hybridized carbons (Fsp3) is 0.333. The lowest BCUT2D eigenvalue weighted by atomic mass is 10.0. The van der Waals surface area contributed by atoms with Gasteiger partial charge in [0, 0.05) is 5.92 Å². The highest BCUT2D eigenvalue weighted by atomic mass is 16.5. The molecule has 1 rings (SSSR count). The van der Waals surface area contributed by atoms with Crippen LogP contribution in [0.4, 0.5) is 0 Å². The summed E-state index contributed by atoms with van der Waals surface area (Å²) in [5.41, 5.74) is 1.37. The molecule has 0 aliphatic rings. The zero-order chi connectivity index (χ0) is 11.3. The predicted octanol–water partition coefficient (Wildman–Crippen LogP) is 2.20. The molecule has 0 amide bonds. The summed E-state index contributed by atoms with van der Waals surface area (Å²) in [5.74, 6) is 0.364. The molecule has 15 heavy (non-hydrogen) atoms. The van der Waals surface area contributed by atoms with Gasteiger partial charge >= 0.3 is 0 Å². The van der Waals surface area contributed by atoms with E-state index in [0.29, 0.717) is 17.9 Å². The van der Waals surface area contributed by atoms with E-state index in [2.05, 4.69) is 0 Å². The summed E-state index contributed by atoms with van der Waals surface area (Å²) >= 11 is 0. The van der Waals surface area contributed by atoms with Crippen molar-refractivity contribution < 1.29 is 14.3 Å². The molecule has 3 heteroatoms. The highest BCUT2D eigenvalue weighted by molar-refractivity contribution is 5.80. The number of benzene rings is 1. The van der Waals surface area contributed by atoms with E-state index in [9.17, 15) is 9.59 Å². The summed E-state index contributed by atoms with van der Waals surface area (Å²) in [5, 5.41) is 0. The minimum Gasteiger partial charge on any atom is -0.493 e. The lowest BCUT2D eigenvalue weighted by Gasteiger charge is -2.10. The van der Waals surface area contributed by atoms with Crippen LogP contribution in [0.1, 0.15) is 35.7 Å². The first-order valence-electron chi connectivity index (χ1n) is 4.90. The Morgan fingerprint density at radius 1 is 1.40 bits per heavy atom. The molecule has 0 bridgehead atoms. The fourth-order valence-corrected chi connectivity index (χ4v) is 1.29. The number of aldehydes is 2. The van der Waals surface area contributed by atoms with Gasteiger partial charge in [-0.25, -0.2) is 0 Å². The van der Waals surface area contributed by atoms with Crippen molar-refractivity contribution in [2.24, 2.45) is 0 Å². The maximum Gasteiger partial charge on any atom is 0.153 e. The fourth-order valence-electron chi connectivity index (χ4n) is 1.29. The van der Waals surface area contributed by atoms with Crippen molar-refractivity contribution in [1.29, 1.82) is 0 Å². The van der Waals surface area contributed by atoms with Crippen LogP contribution in [0.5, 0.6) is 5.75 Å². The molecule has 1 unspecified atom stereocenters. The molecule has 0 aromatic heterocycles.